The van der Waals surface area contributed by atoms with Gasteiger partial charge in [-0.05, 0) is 62.9 Å². The van der Waals surface area contributed by atoms with E-state index in [2.05, 4.69) is 82.9 Å². The van der Waals surface area contributed by atoms with E-state index in [4.69, 9.17) is 9.97 Å². The number of rotatable bonds is 4. The number of anilines is 1. The molecule has 0 aliphatic carbocycles. The highest BCUT2D eigenvalue weighted by atomic mass is 15.0. The molecular weight excluding hydrogens is 332 g/mol. The van der Waals surface area contributed by atoms with E-state index in [1.807, 2.05) is 13.8 Å². The predicted molar refractivity (Wildman–Crippen MR) is 118 cm³/mol. The molecule has 1 N–H and O–H groups in total. The molecule has 0 unspecified atom stereocenters. The van der Waals surface area contributed by atoms with Gasteiger partial charge in [0.05, 0.1) is 16.7 Å². The first kappa shape index (κ1) is 20.9. The van der Waals surface area contributed by atoms with Gasteiger partial charge < -0.3 is 9.88 Å². The van der Waals surface area contributed by atoms with Crippen LogP contribution in [0.15, 0.2) is 24.4 Å². The molecule has 0 radical (unpaired) electrons. The van der Waals surface area contributed by atoms with E-state index < -0.39 is 0 Å². The largest absolute Gasteiger partial charge is 0.367 e. The lowest BCUT2D eigenvalue weighted by molar-refractivity contribution is 0.815. The van der Waals surface area contributed by atoms with Gasteiger partial charge in [0.25, 0.3) is 0 Å². The Hall–Kier alpha value is -2.36. The molecule has 4 heteroatoms. The zero-order valence-electron chi connectivity index (χ0n) is 18.3. The second-order valence-electron chi connectivity index (χ2n) is 7.53. The molecule has 0 aliphatic heterocycles. The van der Waals surface area contributed by atoms with Crippen molar-refractivity contribution in [2.75, 3.05) is 5.32 Å². The molecule has 0 bridgehead atoms. The predicted octanol–water partition coefficient (Wildman–Crippen LogP) is 6.22. The number of aryl methyl sites for hydroxylation is 3. The Morgan fingerprint density at radius 1 is 0.963 bits per heavy atom. The van der Waals surface area contributed by atoms with E-state index in [-0.39, 0.29) is 0 Å². The van der Waals surface area contributed by atoms with Crippen LogP contribution in [0.25, 0.3) is 22.3 Å². The zero-order valence-corrected chi connectivity index (χ0v) is 18.3. The summed E-state index contributed by atoms with van der Waals surface area (Å²) in [6, 6.07) is 6.82. The van der Waals surface area contributed by atoms with Crippen LogP contribution in [0, 0.1) is 13.8 Å². The van der Waals surface area contributed by atoms with Gasteiger partial charge in [0.1, 0.15) is 5.82 Å². The van der Waals surface area contributed by atoms with Crippen molar-refractivity contribution >= 4 is 16.9 Å². The fourth-order valence-corrected chi connectivity index (χ4v) is 3.22. The van der Waals surface area contributed by atoms with Crippen molar-refractivity contribution in [3.63, 3.8) is 0 Å². The maximum absolute atomic E-state index is 5.01. The van der Waals surface area contributed by atoms with E-state index in [9.17, 15) is 0 Å². The third-order valence-corrected chi connectivity index (χ3v) is 4.52. The highest BCUT2D eigenvalue weighted by Gasteiger charge is 2.16. The monoisotopic (exact) mass is 366 g/mol. The zero-order chi connectivity index (χ0) is 20.3. The number of hydrogen-bond donors (Lipinski definition) is 1. The average molecular weight is 367 g/mol. The van der Waals surface area contributed by atoms with Crippen molar-refractivity contribution in [3.05, 3.63) is 41.2 Å². The van der Waals surface area contributed by atoms with Gasteiger partial charge in [-0.2, -0.15) is 0 Å². The van der Waals surface area contributed by atoms with Gasteiger partial charge in [0.15, 0.2) is 0 Å². The van der Waals surface area contributed by atoms with Crippen LogP contribution < -0.4 is 5.32 Å². The summed E-state index contributed by atoms with van der Waals surface area (Å²) in [6.45, 7) is 16.9. The Morgan fingerprint density at radius 3 is 2.22 bits per heavy atom. The van der Waals surface area contributed by atoms with E-state index in [0.29, 0.717) is 12.0 Å². The average Bonchev–Trinajstić information content (AvgIpc) is 2.89. The SMILES string of the molecule is CC.Cc1cc2c(nc1-c1ccc(C(C)C)nc1NC(C)C)c(C)cn2C. The maximum Gasteiger partial charge on any atom is 0.135 e. The fourth-order valence-electron chi connectivity index (χ4n) is 3.22. The van der Waals surface area contributed by atoms with E-state index in [0.717, 1.165) is 28.3 Å². The minimum Gasteiger partial charge on any atom is -0.367 e. The summed E-state index contributed by atoms with van der Waals surface area (Å²) >= 11 is 0. The van der Waals surface area contributed by atoms with E-state index in [1.54, 1.807) is 0 Å². The van der Waals surface area contributed by atoms with Crippen LogP contribution in [0.1, 0.15) is 64.3 Å². The molecule has 0 aliphatic rings. The van der Waals surface area contributed by atoms with Crippen molar-refractivity contribution < 1.29 is 0 Å². The van der Waals surface area contributed by atoms with E-state index in [1.165, 1.54) is 16.6 Å². The lowest BCUT2D eigenvalue weighted by Crippen LogP contribution is -2.13. The summed E-state index contributed by atoms with van der Waals surface area (Å²) in [4.78, 5) is 9.89. The first-order valence-corrected chi connectivity index (χ1v) is 9.99. The van der Waals surface area contributed by atoms with Crippen LogP contribution in [-0.2, 0) is 7.05 Å². The molecule has 3 heterocycles. The van der Waals surface area contributed by atoms with Crippen molar-refractivity contribution in [2.24, 2.45) is 7.05 Å². The Morgan fingerprint density at radius 2 is 1.63 bits per heavy atom. The van der Waals surface area contributed by atoms with Gasteiger partial charge in [-0.1, -0.05) is 27.7 Å². The molecule has 0 amide bonds. The van der Waals surface area contributed by atoms with Crippen molar-refractivity contribution in [2.45, 2.75) is 67.3 Å². The van der Waals surface area contributed by atoms with Gasteiger partial charge >= 0.3 is 0 Å². The number of aromatic nitrogens is 3. The Bertz CT molecular complexity index is 920. The van der Waals surface area contributed by atoms with Crippen LogP contribution in [-0.4, -0.2) is 20.6 Å². The molecule has 0 fully saturated rings. The van der Waals surface area contributed by atoms with Gasteiger partial charge in [-0.3, -0.25) is 0 Å². The van der Waals surface area contributed by atoms with Gasteiger partial charge in [0, 0.05) is 30.5 Å². The normalized spacial score (nSPS) is 11.1. The summed E-state index contributed by atoms with van der Waals surface area (Å²) in [7, 11) is 2.07. The molecule has 3 rings (SSSR count). The molecule has 3 aromatic rings. The Labute approximate surface area is 164 Å². The highest BCUT2D eigenvalue weighted by Crippen LogP contribution is 2.32. The molecule has 0 saturated carbocycles. The molecule has 0 atom stereocenters. The fraction of sp³-hybridized carbons (Fsp3) is 0.478. The third-order valence-electron chi connectivity index (χ3n) is 4.52. The summed E-state index contributed by atoms with van der Waals surface area (Å²) in [5, 5.41) is 3.51. The van der Waals surface area contributed by atoms with Crippen molar-refractivity contribution in [1.82, 2.24) is 14.5 Å². The molecule has 0 saturated heterocycles. The van der Waals surface area contributed by atoms with Crippen LogP contribution in [0.5, 0.6) is 0 Å². The summed E-state index contributed by atoms with van der Waals surface area (Å²) in [6.07, 6.45) is 2.13. The van der Waals surface area contributed by atoms with Gasteiger partial charge in [0.2, 0.25) is 0 Å². The quantitative estimate of drug-likeness (QED) is 0.596. The molecular formula is C23H34N4. The van der Waals surface area contributed by atoms with E-state index >= 15 is 0 Å². The highest BCUT2D eigenvalue weighted by molar-refractivity contribution is 5.86. The lowest BCUT2D eigenvalue weighted by Gasteiger charge is -2.17. The third kappa shape index (κ3) is 4.32. The summed E-state index contributed by atoms with van der Waals surface area (Å²) < 4.78 is 2.14. The minimum absolute atomic E-state index is 0.316. The first-order valence-electron chi connectivity index (χ1n) is 9.99. The number of pyridine rings is 2. The Balaban J connectivity index is 0.00000126. The summed E-state index contributed by atoms with van der Waals surface area (Å²) in [5.74, 6) is 1.32. The molecule has 0 spiro atoms. The van der Waals surface area contributed by atoms with Crippen LogP contribution in [0.4, 0.5) is 5.82 Å². The van der Waals surface area contributed by atoms with Crippen LogP contribution in [0.2, 0.25) is 0 Å². The molecule has 146 valence electrons. The number of nitrogens with zero attached hydrogens (tertiary/aromatic N) is 3. The second-order valence-corrected chi connectivity index (χ2v) is 7.53. The van der Waals surface area contributed by atoms with Gasteiger partial charge in [-0.15, -0.1) is 0 Å². The molecule has 3 aromatic heterocycles. The van der Waals surface area contributed by atoms with Gasteiger partial charge in [-0.25, -0.2) is 9.97 Å². The minimum atomic E-state index is 0.316. The number of nitrogens with one attached hydrogen (secondary N) is 1. The smallest absolute Gasteiger partial charge is 0.135 e. The maximum atomic E-state index is 5.01. The molecule has 4 nitrogen and oxygen atoms in total. The number of fused-ring (bicyclic) bond motifs is 1. The topological polar surface area (TPSA) is 42.7 Å². The molecule has 27 heavy (non-hydrogen) atoms. The second kappa shape index (κ2) is 8.55. The van der Waals surface area contributed by atoms with Crippen molar-refractivity contribution in [1.29, 1.82) is 0 Å². The first-order chi connectivity index (χ1) is 12.8. The molecule has 0 aromatic carbocycles. The Kier molecular flexibility index (Phi) is 6.63. The lowest BCUT2D eigenvalue weighted by atomic mass is 10.0. The summed E-state index contributed by atoms with van der Waals surface area (Å²) in [5.41, 5.74) is 7.77. The van der Waals surface area contributed by atoms with Crippen LogP contribution >= 0.6 is 0 Å². The van der Waals surface area contributed by atoms with Crippen LogP contribution in [0.3, 0.4) is 0 Å². The standard InChI is InChI=1S/C21H28N4.C2H6/c1-12(2)17-9-8-16(21(23-17)22-13(3)4)19-14(5)10-18-20(24-19)15(6)11-25(18)7;1-2/h8-13H,1-7H3,(H,22,23);1-2H3. The number of hydrogen-bond acceptors (Lipinski definition) is 3. The van der Waals surface area contributed by atoms with Crippen molar-refractivity contribution in [3.8, 4) is 11.3 Å².